The first kappa shape index (κ1) is 32.0. The number of furan rings is 1. The van der Waals surface area contributed by atoms with E-state index in [1.165, 1.54) is 60.3 Å². The van der Waals surface area contributed by atoms with Gasteiger partial charge in [0, 0.05) is 27.5 Å². The molecule has 56 heavy (non-hydrogen) atoms. The lowest BCUT2D eigenvalue weighted by molar-refractivity contribution is 0.669. The molecule has 0 aliphatic rings. The Hall–Kier alpha value is -7.42. The zero-order chi connectivity index (χ0) is 37.0. The number of hydrogen-bond acceptors (Lipinski definition) is 2. The first-order valence-electron chi connectivity index (χ1n) is 19.2. The highest BCUT2D eigenvalue weighted by atomic mass is 16.3. The Morgan fingerprint density at radius 1 is 0.304 bits per heavy atom. The van der Waals surface area contributed by atoms with E-state index >= 15 is 0 Å². The molecule has 1 aromatic heterocycles. The van der Waals surface area contributed by atoms with E-state index in [9.17, 15) is 0 Å². The van der Waals surface area contributed by atoms with Crippen LogP contribution in [0.3, 0.4) is 0 Å². The fraction of sp³-hybridized carbons (Fsp3) is 0. The van der Waals surface area contributed by atoms with Crippen LogP contribution in [-0.4, -0.2) is 0 Å². The van der Waals surface area contributed by atoms with Crippen LogP contribution in [0.25, 0.3) is 87.6 Å². The summed E-state index contributed by atoms with van der Waals surface area (Å²) in [6.07, 6.45) is 0. The third-order valence-electron chi connectivity index (χ3n) is 11.3. The molecule has 0 radical (unpaired) electrons. The average molecular weight is 714 g/mol. The Labute approximate surface area is 325 Å². The number of rotatable bonds is 6. The van der Waals surface area contributed by atoms with E-state index in [0.717, 1.165) is 44.4 Å². The van der Waals surface area contributed by atoms with Gasteiger partial charge >= 0.3 is 0 Å². The predicted octanol–water partition coefficient (Wildman–Crippen LogP) is 15.5. The van der Waals surface area contributed by atoms with Crippen LogP contribution in [0.15, 0.2) is 217 Å². The molecule has 1 heterocycles. The van der Waals surface area contributed by atoms with E-state index in [1.54, 1.807) is 0 Å². The summed E-state index contributed by atoms with van der Waals surface area (Å²) in [5.74, 6) is 0. The van der Waals surface area contributed by atoms with Crippen molar-refractivity contribution in [2.45, 2.75) is 0 Å². The van der Waals surface area contributed by atoms with Crippen LogP contribution in [0.1, 0.15) is 0 Å². The summed E-state index contributed by atoms with van der Waals surface area (Å²) in [4.78, 5) is 2.41. The molecule has 0 atom stereocenters. The van der Waals surface area contributed by atoms with E-state index < -0.39 is 0 Å². The maximum Gasteiger partial charge on any atom is 0.136 e. The third-order valence-corrected chi connectivity index (χ3v) is 11.3. The standard InChI is InChI=1S/C54H35NO/c1-3-13-36(14-4-1)43-32-33-50(48-20-8-7-19-47(43)48)55(42-30-31-46-40(35-42)27-34-52-54(46)49-21-9-10-24-51(49)56-52)41-28-25-38(26-29-41)45-23-12-18-39-17-11-22-44(53(39)45)37-15-5-2-6-16-37/h1-35H. The molecular weight excluding hydrogens is 679 g/mol. The van der Waals surface area contributed by atoms with Crippen LogP contribution in [0, 0.1) is 0 Å². The zero-order valence-electron chi connectivity index (χ0n) is 30.6. The summed E-state index contributed by atoms with van der Waals surface area (Å²) >= 11 is 0. The van der Waals surface area contributed by atoms with Crippen molar-refractivity contribution in [1.29, 1.82) is 0 Å². The van der Waals surface area contributed by atoms with Crippen molar-refractivity contribution >= 4 is 71.3 Å². The number of hydrogen-bond donors (Lipinski definition) is 0. The normalized spacial score (nSPS) is 11.6. The molecule has 0 spiro atoms. The van der Waals surface area contributed by atoms with E-state index in [0.29, 0.717) is 0 Å². The van der Waals surface area contributed by atoms with Gasteiger partial charge in [-0.2, -0.15) is 0 Å². The van der Waals surface area contributed by atoms with Crippen LogP contribution < -0.4 is 4.90 Å². The number of benzene rings is 10. The summed E-state index contributed by atoms with van der Waals surface area (Å²) in [5.41, 5.74) is 12.4. The van der Waals surface area contributed by atoms with E-state index in [-0.39, 0.29) is 0 Å². The van der Waals surface area contributed by atoms with Crippen LogP contribution >= 0.6 is 0 Å². The van der Waals surface area contributed by atoms with Crippen LogP contribution in [0.4, 0.5) is 17.1 Å². The monoisotopic (exact) mass is 713 g/mol. The summed E-state index contributed by atoms with van der Waals surface area (Å²) in [7, 11) is 0. The highest BCUT2D eigenvalue weighted by Crippen LogP contribution is 2.45. The summed E-state index contributed by atoms with van der Waals surface area (Å²) < 4.78 is 6.27. The fourth-order valence-electron chi connectivity index (χ4n) is 8.68. The van der Waals surface area contributed by atoms with Crippen molar-refractivity contribution in [3.05, 3.63) is 212 Å². The van der Waals surface area contributed by atoms with Gasteiger partial charge in [-0.1, -0.05) is 170 Å². The van der Waals surface area contributed by atoms with Crippen molar-refractivity contribution in [3.63, 3.8) is 0 Å². The smallest absolute Gasteiger partial charge is 0.136 e. The second-order valence-corrected chi connectivity index (χ2v) is 14.4. The minimum absolute atomic E-state index is 0.908. The summed E-state index contributed by atoms with van der Waals surface area (Å²) in [5, 5.41) is 9.54. The van der Waals surface area contributed by atoms with Gasteiger partial charge in [-0.05, 0) is 103 Å². The van der Waals surface area contributed by atoms with E-state index in [4.69, 9.17) is 4.42 Å². The first-order valence-corrected chi connectivity index (χ1v) is 19.2. The number of anilines is 3. The molecule has 0 N–H and O–H groups in total. The van der Waals surface area contributed by atoms with Crippen LogP contribution in [0.2, 0.25) is 0 Å². The highest BCUT2D eigenvalue weighted by molar-refractivity contribution is 6.19. The van der Waals surface area contributed by atoms with Gasteiger partial charge < -0.3 is 9.32 Å². The second kappa shape index (κ2) is 13.2. The lowest BCUT2D eigenvalue weighted by Gasteiger charge is -2.28. The highest BCUT2D eigenvalue weighted by Gasteiger charge is 2.20. The molecule has 0 aliphatic carbocycles. The van der Waals surface area contributed by atoms with Crippen molar-refractivity contribution in [1.82, 2.24) is 0 Å². The van der Waals surface area contributed by atoms with Crippen LogP contribution in [0.5, 0.6) is 0 Å². The van der Waals surface area contributed by atoms with Crippen molar-refractivity contribution in [2.75, 3.05) is 4.90 Å². The Morgan fingerprint density at radius 2 is 0.911 bits per heavy atom. The third kappa shape index (κ3) is 5.26. The van der Waals surface area contributed by atoms with Gasteiger partial charge in [0.15, 0.2) is 0 Å². The molecule has 0 saturated carbocycles. The number of nitrogens with zero attached hydrogens (tertiary/aromatic N) is 1. The van der Waals surface area contributed by atoms with Gasteiger partial charge in [0.05, 0.1) is 5.69 Å². The Balaban J connectivity index is 1.11. The molecule has 2 heteroatoms. The van der Waals surface area contributed by atoms with Gasteiger partial charge in [0.2, 0.25) is 0 Å². The molecule has 0 unspecified atom stereocenters. The number of fused-ring (bicyclic) bond motifs is 7. The zero-order valence-corrected chi connectivity index (χ0v) is 30.6. The van der Waals surface area contributed by atoms with E-state index in [1.807, 2.05) is 12.1 Å². The summed E-state index contributed by atoms with van der Waals surface area (Å²) in [6.45, 7) is 0. The Kier molecular flexibility index (Phi) is 7.53. The molecule has 2 nitrogen and oxygen atoms in total. The minimum Gasteiger partial charge on any atom is -0.456 e. The Morgan fingerprint density at radius 3 is 1.64 bits per heavy atom. The summed E-state index contributed by atoms with van der Waals surface area (Å²) in [6, 6.07) is 76.5. The SMILES string of the molecule is c1ccc(-c2ccc(N(c3ccc(-c4cccc5cccc(-c6ccccc6)c45)cc3)c3ccc4c(ccc5oc6ccccc6c54)c3)c3ccccc23)cc1. The van der Waals surface area contributed by atoms with Crippen LogP contribution in [-0.2, 0) is 0 Å². The molecular formula is C54H35NO. The Bertz CT molecular complexity index is 3230. The molecule has 262 valence electrons. The fourth-order valence-corrected chi connectivity index (χ4v) is 8.68. The van der Waals surface area contributed by atoms with Gasteiger partial charge in [-0.15, -0.1) is 0 Å². The largest absolute Gasteiger partial charge is 0.456 e. The second-order valence-electron chi connectivity index (χ2n) is 14.4. The quantitative estimate of drug-likeness (QED) is 0.171. The van der Waals surface area contributed by atoms with Gasteiger partial charge in [0.25, 0.3) is 0 Å². The molecule has 11 rings (SSSR count). The van der Waals surface area contributed by atoms with Crippen molar-refractivity contribution in [3.8, 4) is 33.4 Å². The van der Waals surface area contributed by atoms with Crippen molar-refractivity contribution in [2.24, 2.45) is 0 Å². The maximum atomic E-state index is 6.27. The maximum absolute atomic E-state index is 6.27. The minimum atomic E-state index is 0.908. The number of para-hydroxylation sites is 1. The van der Waals surface area contributed by atoms with Gasteiger partial charge in [0.1, 0.15) is 11.2 Å². The van der Waals surface area contributed by atoms with E-state index in [2.05, 4.69) is 205 Å². The molecule has 10 aromatic carbocycles. The van der Waals surface area contributed by atoms with Gasteiger partial charge in [-0.25, -0.2) is 0 Å². The molecule has 0 saturated heterocycles. The molecule has 0 bridgehead atoms. The average Bonchev–Trinajstić information content (AvgIpc) is 3.66. The molecule has 0 aliphatic heterocycles. The molecule has 11 aromatic rings. The lowest BCUT2D eigenvalue weighted by Crippen LogP contribution is -2.10. The molecule has 0 fully saturated rings. The topological polar surface area (TPSA) is 16.4 Å². The predicted molar refractivity (Wildman–Crippen MR) is 237 cm³/mol. The first-order chi connectivity index (χ1) is 27.8. The van der Waals surface area contributed by atoms with Gasteiger partial charge in [-0.3, -0.25) is 0 Å². The van der Waals surface area contributed by atoms with Crippen molar-refractivity contribution < 1.29 is 4.42 Å². The molecule has 0 amide bonds. The lowest BCUT2D eigenvalue weighted by atomic mass is 9.91.